The molecule has 0 amide bonds. The molecule has 2 nitrogen and oxygen atoms in total. The van der Waals surface area contributed by atoms with Crippen molar-refractivity contribution in [3.8, 4) is 0 Å². The highest BCUT2D eigenvalue weighted by Gasteiger charge is 2.53. The smallest absolute Gasteiger partial charge is 0.157 e. The van der Waals surface area contributed by atoms with Crippen molar-refractivity contribution in [3.63, 3.8) is 0 Å². The topological polar surface area (TPSA) is 24.4 Å². The Morgan fingerprint density at radius 1 is 1.38 bits per heavy atom. The molecule has 1 heterocycles. The summed E-state index contributed by atoms with van der Waals surface area (Å²) in [6, 6.07) is 0.603. The van der Waals surface area contributed by atoms with Gasteiger partial charge in [-0.1, -0.05) is 18.7 Å². The van der Waals surface area contributed by atoms with Crippen molar-refractivity contribution in [2.24, 2.45) is 16.3 Å². The number of nitrogens with zero attached hydrogens (tertiary/aromatic N) is 1. The van der Waals surface area contributed by atoms with E-state index in [0.717, 1.165) is 17.7 Å². The number of rotatable bonds is 3. The molecule has 0 bridgehead atoms. The minimum atomic E-state index is 0.603. The van der Waals surface area contributed by atoms with Crippen LogP contribution in [0.25, 0.3) is 0 Å². The second-order valence-electron chi connectivity index (χ2n) is 5.97. The van der Waals surface area contributed by atoms with Crippen LogP contribution in [-0.2, 0) is 0 Å². The molecule has 0 aromatic carbocycles. The van der Waals surface area contributed by atoms with Crippen LogP contribution in [0, 0.1) is 11.3 Å². The van der Waals surface area contributed by atoms with Crippen molar-refractivity contribution in [1.29, 1.82) is 0 Å². The van der Waals surface area contributed by atoms with E-state index in [2.05, 4.69) is 19.2 Å². The summed E-state index contributed by atoms with van der Waals surface area (Å²) in [4.78, 5) is 4.85. The molecule has 0 spiro atoms. The number of thioether (sulfide) groups is 1. The SMILES string of the molecule is CC1CC(C)SC(=NCC2(C3CC3)CC2)N1. The van der Waals surface area contributed by atoms with Gasteiger partial charge in [0, 0.05) is 17.8 Å². The maximum absolute atomic E-state index is 4.85. The van der Waals surface area contributed by atoms with E-state index in [1.54, 1.807) is 0 Å². The Hall–Kier alpha value is -0.180. The number of amidine groups is 1. The molecule has 0 radical (unpaired) electrons. The molecule has 3 fully saturated rings. The minimum absolute atomic E-state index is 0.603. The lowest BCUT2D eigenvalue weighted by atomic mass is 10.0. The zero-order valence-corrected chi connectivity index (χ0v) is 11.1. The van der Waals surface area contributed by atoms with Gasteiger partial charge in [0.25, 0.3) is 0 Å². The van der Waals surface area contributed by atoms with Crippen LogP contribution in [-0.4, -0.2) is 23.0 Å². The van der Waals surface area contributed by atoms with Crippen LogP contribution in [0.2, 0.25) is 0 Å². The summed E-state index contributed by atoms with van der Waals surface area (Å²) in [6.45, 7) is 5.66. The average molecular weight is 238 g/mol. The fourth-order valence-electron chi connectivity index (χ4n) is 2.90. The summed E-state index contributed by atoms with van der Waals surface area (Å²) in [6.07, 6.45) is 7.07. The molecule has 2 unspecified atom stereocenters. The Morgan fingerprint density at radius 3 is 2.69 bits per heavy atom. The van der Waals surface area contributed by atoms with Gasteiger partial charge in [0.2, 0.25) is 0 Å². The van der Waals surface area contributed by atoms with E-state index in [1.165, 1.54) is 37.3 Å². The molecule has 0 aromatic heterocycles. The first-order valence-corrected chi connectivity index (χ1v) is 7.54. The summed E-state index contributed by atoms with van der Waals surface area (Å²) < 4.78 is 0. The maximum Gasteiger partial charge on any atom is 0.157 e. The first-order chi connectivity index (χ1) is 7.68. The van der Waals surface area contributed by atoms with E-state index in [4.69, 9.17) is 4.99 Å². The van der Waals surface area contributed by atoms with Crippen LogP contribution < -0.4 is 5.32 Å². The minimum Gasteiger partial charge on any atom is -0.362 e. The monoisotopic (exact) mass is 238 g/mol. The van der Waals surface area contributed by atoms with Gasteiger partial charge in [0.1, 0.15) is 0 Å². The molecule has 2 aliphatic carbocycles. The Balaban J connectivity index is 1.59. The highest BCUT2D eigenvalue weighted by atomic mass is 32.2. The molecule has 2 atom stereocenters. The Morgan fingerprint density at radius 2 is 2.12 bits per heavy atom. The van der Waals surface area contributed by atoms with Crippen LogP contribution in [0.15, 0.2) is 4.99 Å². The highest BCUT2D eigenvalue weighted by Crippen LogP contribution is 2.61. The molecular formula is C13H22N2S. The lowest BCUT2D eigenvalue weighted by Crippen LogP contribution is -2.38. The fourth-order valence-corrected chi connectivity index (χ4v) is 4.08. The van der Waals surface area contributed by atoms with E-state index >= 15 is 0 Å². The van der Waals surface area contributed by atoms with Crippen molar-refractivity contribution >= 4 is 16.9 Å². The molecule has 3 rings (SSSR count). The van der Waals surface area contributed by atoms with E-state index in [-0.39, 0.29) is 0 Å². The summed E-state index contributed by atoms with van der Waals surface area (Å²) in [7, 11) is 0. The van der Waals surface area contributed by atoms with E-state index in [0.29, 0.717) is 11.5 Å². The van der Waals surface area contributed by atoms with Gasteiger partial charge in [-0.05, 0) is 50.4 Å². The molecule has 3 heteroatoms. The Labute approximate surface area is 103 Å². The van der Waals surface area contributed by atoms with Gasteiger partial charge in [-0.15, -0.1) is 0 Å². The molecule has 0 aromatic rings. The van der Waals surface area contributed by atoms with Crippen LogP contribution >= 0.6 is 11.8 Å². The number of nitrogens with one attached hydrogen (secondary N) is 1. The molecule has 1 N–H and O–H groups in total. The second kappa shape index (κ2) is 3.94. The summed E-state index contributed by atoms with van der Waals surface area (Å²) in [5.41, 5.74) is 0.652. The quantitative estimate of drug-likeness (QED) is 0.817. The molecule has 16 heavy (non-hydrogen) atoms. The van der Waals surface area contributed by atoms with Gasteiger partial charge in [-0.3, -0.25) is 4.99 Å². The lowest BCUT2D eigenvalue weighted by Gasteiger charge is -2.27. The fraction of sp³-hybridized carbons (Fsp3) is 0.923. The second-order valence-corrected chi connectivity index (χ2v) is 7.39. The number of hydrogen-bond donors (Lipinski definition) is 1. The van der Waals surface area contributed by atoms with Crippen molar-refractivity contribution in [2.75, 3.05) is 6.54 Å². The molecule has 90 valence electrons. The predicted octanol–water partition coefficient (Wildman–Crippen LogP) is 3.04. The number of hydrogen-bond acceptors (Lipinski definition) is 2. The zero-order valence-electron chi connectivity index (χ0n) is 10.3. The van der Waals surface area contributed by atoms with Gasteiger partial charge in [0.05, 0.1) is 0 Å². The Bertz CT molecular complexity index is 293. The van der Waals surface area contributed by atoms with E-state index < -0.39 is 0 Å². The number of aliphatic imine (C=N–C) groups is 1. The summed E-state index contributed by atoms with van der Waals surface area (Å²) >= 11 is 1.93. The highest BCUT2D eigenvalue weighted by molar-refractivity contribution is 8.14. The average Bonchev–Trinajstić information content (AvgIpc) is 3.07. The van der Waals surface area contributed by atoms with Gasteiger partial charge < -0.3 is 5.32 Å². The molecular weight excluding hydrogens is 216 g/mol. The van der Waals surface area contributed by atoms with Crippen LogP contribution in [0.3, 0.4) is 0 Å². The van der Waals surface area contributed by atoms with Crippen molar-refractivity contribution in [2.45, 2.75) is 57.2 Å². The maximum atomic E-state index is 4.85. The lowest BCUT2D eigenvalue weighted by molar-refractivity contribution is 0.453. The van der Waals surface area contributed by atoms with Gasteiger partial charge in [-0.2, -0.15) is 0 Å². The molecule has 1 aliphatic heterocycles. The first-order valence-electron chi connectivity index (χ1n) is 6.66. The van der Waals surface area contributed by atoms with E-state index in [1.807, 2.05) is 11.8 Å². The van der Waals surface area contributed by atoms with Crippen molar-refractivity contribution in [1.82, 2.24) is 5.32 Å². The summed E-state index contributed by atoms with van der Waals surface area (Å²) in [5.74, 6) is 1.03. The van der Waals surface area contributed by atoms with Gasteiger partial charge in [-0.25, -0.2) is 0 Å². The predicted molar refractivity (Wildman–Crippen MR) is 71.0 cm³/mol. The van der Waals surface area contributed by atoms with Crippen LogP contribution in [0.4, 0.5) is 0 Å². The summed E-state index contributed by atoms with van der Waals surface area (Å²) in [5, 5.41) is 5.45. The third kappa shape index (κ3) is 2.24. The van der Waals surface area contributed by atoms with Crippen LogP contribution in [0.5, 0.6) is 0 Å². The molecule has 2 saturated carbocycles. The third-order valence-electron chi connectivity index (χ3n) is 4.24. The van der Waals surface area contributed by atoms with E-state index in [9.17, 15) is 0 Å². The largest absolute Gasteiger partial charge is 0.362 e. The van der Waals surface area contributed by atoms with Gasteiger partial charge >= 0.3 is 0 Å². The van der Waals surface area contributed by atoms with Gasteiger partial charge in [0.15, 0.2) is 5.17 Å². The molecule has 3 aliphatic rings. The normalized spacial score (nSPS) is 39.5. The Kier molecular flexibility index (Phi) is 2.69. The standard InChI is InChI=1S/C13H22N2S/c1-9-7-10(2)16-12(15-9)14-8-13(5-6-13)11-3-4-11/h9-11H,3-8H2,1-2H3,(H,14,15). The van der Waals surface area contributed by atoms with Crippen molar-refractivity contribution in [3.05, 3.63) is 0 Å². The molecule has 1 saturated heterocycles. The third-order valence-corrected chi connectivity index (χ3v) is 5.31. The van der Waals surface area contributed by atoms with Crippen LogP contribution in [0.1, 0.15) is 46.0 Å². The zero-order chi connectivity index (χ0) is 11.2. The first kappa shape index (κ1) is 10.9. The van der Waals surface area contributed by atoms with Crippen molar-refractivity contribution < 1.29 is 0 Å².